The van der Waals surface area contributed by atoms with Crippen LogP contribution < -0.4 is 14.8 Å². The predicted octanol–water partition coefficient (Wildman–Crippen LogP) is 4.73. The first-order valence-electron chi connectivity index (χ1n) is 7.63. The standard InChI is InChI=1S/C18H12Cl2FN3O3/c19-11-5-6-15(13(20)7-11)26-10-17(25)24-12-8-22-18(23-9-12)27-16-4-2-1-3-14(16)21/h1-9H,10H2,(H,24,25). The van der Waals surface area contributed by atoms with Crippen molar-refractivity contribution in [2.45, 2.75) is 0 Å². The number of halogens is 3. The van der Waals surface area contributed by atoms with E-state index >= 15 is 0 Å². The number of nitrogens with one attached hydrogen (secondary N) is 1. The summed E-state index contributed by atoms with van der Waals surface area (Å²) in [6.07, 6.45) is 2.66. The van der Waals surface area contributed by atoms with Crippen molar-refractivity contribution in [1.82, 2.24) is 9.97 Å². The number of rotatable bonds is 6. The van der Waals surface area contributed by atoms with Crippen LogP contribution in [0.4, 0.5) is 10.1 Å². The van der Waals surface area contributed by atoms with E-state index in [1.54, 1.807) is 24.3 Å². The maximum atomic E-state index is 13.5. The second-order valence-corrected chi connectivity index (χ2v) is 6.04. The minimum Gasteiger partial charge on any atom is -0.482 e. The largest absolute Gasteiger partial charge is 0.482 e. The van der Waals surface area contributed by atoms with Gasteiger partial charge >= 0.3 is 6.01 Å². The summed E-state index contributed by atoms with van der Waals surface area (Å²) in [5.41, 5.74) is 0.326. The van der Waals surface area contributed by atoms with Crippen LogP contribution in [0.2, 0.25) is 10.0 Å². The van der Waals surface area contributed by atoms with Crippen molar-refractivity contribution in [3.8, 4) is 17.5 Å². The Morgan fingerprint density at radius 1 is 1.07 bits per heavy atom. The number of amides is 1. The van der Waals surface area contributed by atoms with E-state index in [-0.39, 0.29) is 18.4 Å². The number of carbonyl (C=O) groups excluding carboxylic acids is 1. The summed E-state index contributed by atoms with van der Waals surface area (Å²) in [4.78, 5) is 19.8. The molecule has 1 N–H and O–H groups in total. The highest BCUT2D eigenvalue weighted by atomic mass is 35.5. The van der Waals surface area contributed by atoms with Crippen LogP contribution >= 0.6 is 23.2 Å². The lowest BCUT2D eigenvalue weighted by Crippen LogP contribution is -2.20. The fourth-order valence-corrected chi connectivity index (χ4v) is 2.45. The normalized spacial score (nSPS) is 10.3. The Kier molecular flexibility index (Phi) is 6.05. The number of hydrogen-bond acceptors (Lipinski definition) is 5. The van der Waals surface area contributed by atoms with Crippen LogP contribution in [0.1, 0.15) is 0 Å². The second-order valence-electron chi connectivity index (χ2n) is 5.20. The van der Waals surface area contributed by atoms with Gasteiger partial charge in [-0.05, 0) is 30.3 Å². The van der Waals surface area contributed by atoms with Crippen molar-refractivity contribution in [3.63, 3.8) is 0 Å². The van der Waals surface area contributed by atoms with E-state index in [0.29, 0.717) is 21.5 Å². The number of nitrogens with zero attached hydrogens (tertiary/aromatic N) is 2. The number of ether oxygens (including phenoxy) is 2. The smallest absolute Gasteiger partial charge is 0.322 e. The van der Waals surface area contributed by atoms with E-state index < -0.39 is 11.7 Å². The van der Waals surface area contributed by atoms with Gasteiger partial charge in [-0.1, -0.05) is 35.3 Å². The molecule has 1 heterocycles. The third-order valence-corrected chi connectivity index (χ3v) is 3.73. The number of para-hydroxylation sites is 1. The van der Waals surface area contributed by atoms with E-state index in [2.05, 4.69) is 15.3 Å². The Morgan fingerprint density at radius 3 is 2.52 bits per heavy atom. The molecule has 0 unspecified atom stereocenters. The van der Waals surface area contributed by atoms with Crippen LogP contribution in [-0.4, -0.2) is 22.5 Å². The molecule has 0 aliphatic rings. The molecule has 6 nitrogen and oxygen atoms in total. The second kappa shape index (κ2) is 8.66. The number of benzene rings is 2. The summed E-state index contributed by atoms with van der Waals surface area (Å²) in [5, 5.41) is 3.32. The summed E-state index contributed by atoms with van der Waals surface area (Å²) in [5.74, 6) is -0.632. The van der Waals surface area contributed by atoms with E-state index in [4.69, 9.17) is 32.7 Å². The SMILES string of the molecule is O=C(COc1ccc(Cl)cc1Cl)Nc1cnc(Oc2ccccc2F)nc1. The molecule has 0 fully saturated rings. The number of aromatic nitrogens is 2. The van der Waals surface area contributed by atoms with Gasteiger partial charge in [0.05, 0.1) is 23.1 Å². The van der Waals surface area contributed by atoms with Crippen LogP contribution in [0.3, 0.4) is 0 Å². The van der Waals surface area contributed by atoms with E-state index in [0.717, 1.165) is 0 Å². The molecule has 0 saturated carbocycles. The molecule has 1 amide bonds. The van der Waals surface area contributed by atoms with E-state index in [1.165, 1.54) is 30.6 Å². The first kappa shape index (κ1) is 18.9. The van der Waals surface area contributed by atoms with Gasteiger partial charge in [0.25, 0.3) is 5.91 Å². The summed E-state index contributed by atoms with van der Waals surface area (Å²) >= 11 is 11.8. The minimum absolute atomic E-state index is 0.00234. The maximum absolute atomic E-state index is 13.5. The molecule has 3 rings (SSSR count). The lowest BCUT2D eigenvalue weighted by molar-refractivity contribution is -0.118. The topological polar surface area (TPSA) is 73.3 Å². The molecule has 2 aromatic carbocycles. The zero-order chi connectivity index (χ0) is 19.2. The molecule has 27 heavy (non-hydrogen) atoms. The molecule has 0 saturated heterocycles. The van der Waals surface area contributed by atoms with Crippen molar-refractivity contribution >= 4 is 34.8 Å². The zero-order valence-electron chi connectivity index (χ0n) is 13.7. The molecular weight excluding hydrogens is 396 g/mol. The third kappa shape index (κ3) is 5.29. The first-order valence-corrected chi connectivity index (χ1v) is 8.39. The summed E-state index contributed by atoms with van der Waals surface area (Å²) < 4.78 is 24.1. The van der Waals surface area contributed by atoms with Crippen molar-refractivity contribution < 1.29 is 18.7 Å². The lowest BCUT2D eigenvalue weighted by atomic mass is 10.3. The van der Waals surface area contributed by atoms with Gasteiger partial charge in [-0.3, -0.25) is 4.79 Å². The average Bonchev–Trinajstić information content (AvgIpc) is 2.64. The lowest BCUT2D eigenvalue weighted by Gasteiger charge is -2.09. The Morgan fingerprint density at radius 2 is 1.81 bits per heavy atom. The Labute approximate surface area is 163 Å². The van der Waals surface area contributed by atoms with Crippen LogP contribution in [0.5, 0.6) is 17.5 Å². The fraction of sp³-hybridized carbons (Fsp3) is 0.0556. The highest BCUT2D eigenvalue weighted by Crippen LogP contribution is 2.27. The highest BCUT2D eigenvalue weighted by molar-refractivity contribution is 6.35. The first-order chi connectivity index (χ1) is 13.0. The van der Waals surface area contributed by atoms with Crippen LogP contribution in [0.25, 0.3) is 0 Å². The predicted molar refractivity (Wildman–Crippen MR) is 99.1 cm³/mol. The zero-order valence-corrected chi connectivity index (χ0v) is 15.2. The molecular formula is C18H12Cl2FN3O3. The van der Waals surface area contributed by atoms with E-state index in [1.807, 2.05) is 0 Å². The molecule has 138 valence electrons. The van der Waals surface area contributed by atoms with Gasteiger partial charge in [-0.15, -0.1) is 0 Å². The van der Waals surface area contributed by atoms with Crippen molar-refractivity contribution in [2.75, 3.05) is 11.9 Å². The summed E-state index contributed by atoms with van der Waals surface area (Å²) in [6.45, 7) is -0.269. The summed E-state index contributed by atoms with van der Waals surface area (Å²) in [7, 11) is 0. The fourth-order valence-electron chi connectivity index (χ4n) is 1.99. The molecule has 0 radical (unpaired) electrons. The maximum Gasteiger partial charge on any atom is 0.322 e. The van der Waals surface area contributed by atoms with Gasteiger partial charge in [0.2, 0.25) is 0 Å². The molecule has 0 bridgehead atoms. The summed E-state index contributed by atoms with van der Waals surface area (Å²) in [6, 6.07) is 10.5. The molecule has 0 spiro atoms. The Bertz CT molecular complexity index is 955. The van der Waals surface area contributed by atoms with Crippen molar-refractivity contribution in [3.05, 3.63) is 70.7 Å². The van der Waals surface area contributed by atoms with Gasteiger partial charge in [-0.2, -0.15) is 0 Å². The highest BCUT2D eigenvalue weighted by Gasteiger charge is 2.09. The Hall–Kier alpha value is -2.90. The number of hydrogen-bond donors (Lipinski definition) is 1. The van der Waals surface area contributed by atoms with Gasteiger partial charge in [0.15, 0.2) is 18.2 Å². The molecule has 0 aliphatic heterocycles. The Balaban J connectivity index is 1.54. The van der Waals surface area contributed by atoms with Crippen LogP contribution in [0.15, 0.2) is 54.9 Å². The molecule has 0 atom stereocenters. The molecule has 0 aliphatic carbocycles. The van der Waals surface area contributed by atoms with Crippen molar-refractivity contribution in [1.29, 1.82) is 0 Å². The number of anilines is 1. The quantitative estimate of drug-likeness (QED) is 0.638. The average molecular weight is 408 g/mol. The molecule has 9 heteroatoms. The molecule has 3 aromatic rings. The number of carbonyl (C=O) groups is 1. The van der Waals surface area contributed by atoms with Crippen molar-refractivity contribution in [2.24, 2.45) is 0 Å². The van der Waals surface area contributed by atoms with Crippen LogP contribution in [0, 0.1) is 5.82 Å². The van der Waals surface area contributed by atoms with Gasteiger partial charge in [-0.25, -0.2) is 14.4 Å². The monoisotopic (exact) mass is 407 g/mol. The van der Waals surface area contributed by atoms with Gasteiger partial charge in [0, 0.05) is 5.02 Å². The third-order valence-electron chi connectivity index (χ3n) is 3.20. The minimum atomic E-state index is -0.531. The van der Waals surface area contributed by atoms with Crippen LogP contribution in [-0.2, 0) is 4.79 Å². The van der Waals surface area contributed by atoms with Gasteiger partial charge in [0.1, 0.15) is 5.75 Å². The van der Waals surface area contributed by atoms with Gasteiger partial charge < -0.3 is 14.8 Å². The molecule has 1 aromatic heterocycles. The van der Waals surface area contributed by atoms with E-state index in [9.17, 15) is 9.18 Å².